The van der Waals surface area contributed by atoms with Gasteiger partial charge < -0.3 is 5.73 Å². The summed E-state index contributed by atoms with van der Waals surface area (Å²) in [5.41, 5.74) is 7.31. The molecule has 15 heavy (non-hydrogen) atoms. The molecule has 2 rings (SSSR count). The molecule has 0 radical (unpaired) electrons. The Hall–Kier alpha value is 0.01000. The van der Waals surface area contributed by atoms with Crippen molar-refractivity contribution in [2.24, 2.45) is 5.73 Å². The van der Waals surface area contributed by atoms with Crippen LogP contribution in [0.25, 0.3) is 0 Å². The van der Waals surface area contributed by atoms with E-state index < -0.39 is 0 Å². The van der Waals surface area contributed by atoms with Crippen molar-refractivity contribution in [2.75, 3.05) is 12.3 Å². The highest BCUT2D eigenvalue weighted by Crippen LogP contribution is 2.40. The molecule has 0 saturated carbocycles. The quantitative estimate of drug-likeness (QED) is 0.923. The Morgan fingerprint density at radius 2 is 2.33 bits per heavy atom. The molecule has 0 spiro atoms. The van der Waals surface area contributed by atoms with E-state index in [4.69, 9.17) is 5.73 Å². The third-order valence-electron chi connectivity index (χ3n) is 2.97. The minimum atomic E-state index is 0.306. The maximum atomic E-state index is 5.92. The van der Waals surface area contributed by atoms with Crippen LogP contribution in [0, 0.1) is 0 Å². The summed E-state index contributed by atoms with van der Waals surface area (Å²) >= 11 is 5.56. The van der Waals surface area contributed by atoms with Crippen LogP contribution in [0.5, 0.6) is 0 Å². The zero-order valence-corrected chi connectivity index (χ0v) is 11.1. The molecule has 0 aromatic heterocycles. The number of hydrogen-bond acceptors (Lipinski definition) is 2. The summed E-state index contributed by atoms with van der Waals surface area (Å²) in [5.74, 6) is 1.27. The molecule has 3 heteroatoms. The zero-order chi connectivity index (χ0) is 10.7. The largest absolute Gasteiger partial charge is 0.329 e. The maximum Gasteiger partial charge on any atom is 0.0322 e. The molecule has 1 aromatic carbocycles. The van der Waals surface area contributed by atoms with Crippen LogP contribution in [0.4, 0.5) is 0 Å². The Bertz CT molecular complexity index is 334. The van der Waals surface area contributed by atoms with E-state index in [2.05, 4.69) is 52.0 Å². The van der Waals surface area contributed by atoms with Crippen LogP contribution < -0.4 is 5.73 Å². The highest BCUT2D eigenvalue weighted by Gasteiger charge is 2.33. The molecule has 1 fully saturated rings. The van der Waals surface area contributed by atoms with Gasteiger partial charge in [-0.3, -0.25) is 0 Å². The van der Waals surface area contributed by atoms with Gasteiger partial charge in [-0.2, -0.15) is 11.8 Å². The van der Waals surface area contributed by atoms with Crippen molar-refractivity contribution in [1.82, 2.24) is 0 Å². The van der Waals surface area contributed by atoms with Gasteiger partial charge in [0.25, 0.3) is 0 Å². The predicted molar refractivity (Wildman–Crippen MR) is 71.3 cm³/mol. The number of halogens is 1. The van der Waals surface area contributed by atoms with Crippen LogP contribution in [0.3, 0.4) is 0 Å². The van der Waals surface area contributed by atoms with E-state index in [1.807, 2.05) is 0 Å². The average molecular weight is 286 g/mol. The van der Waals surface area contributed by atoms with Crippen molar-refractivity contribution < 1.29 is 0 Å². The number of nitrogens with two attached hydrogens (primary N) is 1. The molecule has 1 aliphatic rings. The van der Waals surface area contributed by atoms with Crippen molar-refractivity contribution in [3.8, 4) is 0 Å². The Morgan fingerprint density at radius 1 is 1.47 bits per heavy atom. The topological polar surface area (TPSA) is 26.0 Å². The van der Waals surface area contributed by atoms with Gasteiger partial charge in [-0.1, -0.05) is 28.1 Å². The first-order chi connectivity index (χ1) is 7.24. The first kappa shape index (κ1) is 11.5. The Labute approximate surface area is 104 Å². The third kappa shape index (κ3) is 2.77. The van der Waals surface area contributed by atoms with E-state index in [1.54, 1.807) is 0 Å². The molecule has 1 aliphatic heterocycles. The van der Waals surface area contributed by atoms with Gasteiger partial charge in [0.1, 0.15) is 0 Å². The Morgan fingerprint density at radius 3 is 2.93 bits per heavy atom. The minimum Gasteiger partial charge on any atom is -0.329 e. The fourth-order valence-corrected chi connectivity index (χ4v) is 3.99. The molecule has 0 aliphatic carbocycles. The predicted octanol–water partition coefficient (Wildman–Crippen LogP) is 3.22. The van der Waals surface area contributed by atoms with Crippen molar-refractivity contribution in [2.45, 2.75) is 24.0 Å². The molecule has 1 nitrogen and oxygen atoms in total. The Kier molecular flexibility index (Phi) is 3.75. The highest BCUT2D eigenvalue weighted by atomic mass is 79.9. The second kappa shape index (κ2) is 4.89. The fraction of sp³-hybridized carbons (Fsp3) is 0.500. The van der Waals surface area contributed by atoms with Crippen molar-refractivity contribution in [1.29, 1.82) is 0 Å². The highest BCUT2D eigenvalue weighted by molar-refractivity contribution is 9.10. The van der Waals surface area contributed by atoms with E-state index in [0.717, 1.165) is 17.4 Å². The molecular formula is C12H16BrNS. The van der Waals surface area contributed by atoms with Crippen molar-refractivity contribution in [3.05, 3.63) is 34.3 Å². The Balaban J connectivity index is 2.12. The molecule has 0 bridgehead atoms. The SMILES string of the molecule is NCC1(Cc2cccc(Br)c2)CCCS1. The number of benzene rings is 1. The van der Waals surface area contributed by atoms with E-state index in [9.17, 15) is 0 Å². The second-order valence-electron chi connectivity index (χ2n) is 4.15. The van der Waals surface area contributed by atoms with Crippen LogP contribution in [0.2, 0.25) is 0 Å². The van der Waals surface area contributed by atoms with Crippen LogP contribution in [-0.2, 0) is 6.42 Å². The van der Waals surface area contributed by atoms with E-state index >= 15 is 0 Å². The van der Waals surface area contributed by atoms with Gasteiger partial charge in [-0.15, -0.1) is 0 Å². The van der Waals surface area contributed by atoms with Gasteiger partial charge in [0, 0.05) is 15.8 Å². The number of hydrogen-bond donors (Lipinski definition) is 1. The zero-order valence-electron chi connectivity index (χ0n) is 8.71. The van der Waals surface area contributed by atoms with Gasteiger partial charge in [-0.25, -0.2) is 0 Å². The van der Waals surface area contributed by atoms with E-state index in [-0.39, 0.29) is 0 Å². The van der Waals surface area contributed by atoms with Gasteiger partial charge in [-0.05, 0) is 42.7 Å². The summed E-state index contributed by atoms with van der Waals surface area (Å²) in [5, 5.41) is 0. The summed E-state index contributed by atoms with van der Waals surface area (Å²) in [4.78, 5) is 0. The van der Waals surface area contributed by atoms with Crippen LogP contribution in [-0.4, -0.2) is 17.0 Å². The van der Waals surface area contributed by atoms with Gasteiger partial charge in [0.15, 0.2) is 0 Å². The summed E-state index contributed by atoms with van der Waals surface area (Å²) in [6.07, 6.45) is 3.68. The number of rotatable bonds is 3. The van der Waals surface area contributed by atoms with Crippen LogP contribution >= 0.6 is 27.7 Å². The monoisotopic (exact) mass is 285 g/mol. The summed E-state index contributed by atoms with van der Waals surface area (Å²) in [6.45, 7) is 0.796. The van der Waals surface area contributed by atoms with E-state index in [0.29, 0.717) is 4.75 Å². The molecule has 0 amide bonds. The van der Waals surface area contributed by atoms with Crippen molar-refractivity contribution in [3.63, 3.8) is 0 Å². The first-order valence-electron chi connectivity index (χ1n) is 5.33. The number of thioether (sulfide) groups is 1. The van der Waals surface area contributed by atoms with Crippen molar-refractivity contribution >= 4 is 27.7 Å². The first-order valence-corrected chi connectivity index (χ1v) is 7.10. The molecule has 1 atom stereocenters. The van der Waals surface area contributed by atoms with E-state index in [1.165, 1.54) is 24.2 Å². The lowest BCUT2D eigenvalue weighted by molar-refractivity contribution is 0.565. The fourth-order valence-electron chi connectivity index (χ4n) is 2.15. The lowest BCUT2D eigenvalue weighted by Crippen LogP contribution is -2.34. The molecular weight excluding hydrogens is 270 g/mol. The van der Waals surface area contributed by atoms with Gasteiger partial charge >= 0.3 is 0 Å². The smallest absolute Gasteiger partial charge is 0.0322 e. The third-order valence-corrected chi connectivity index (χ3v) is 5.09. The maximum absolute atomic E-state index is 5.92. The van der Waals surface area contributed by atoms with Gasteiger partial charge in [0.2, 0.25) is 0 Å². The summed E-state index contributed by atoms with van der Waals surface area (Å²) in [6, 6.07) is 8.57. The molecule has 82 valence electrons. The summed E-state index contributed by atoms with van der Waals surface area (Å²) in [7, 11) is 0. The molecule has 1 aromatic rings. The molecule has 1 heterocycles. The summed E-state index contributed by atoms with van der Waals surface area (Å²) < 4.78 is 1.47. The van der Waals surface area contributed by atoms with Crippen LogP contribution in [0.1, 0.15) is 18.4 Å². The lowest BCUT2D eigenvalue weighted by atomic mass is 9.94. The van der Waals surface area contributed by atoms with Gasteiger partial charge in [0.05, 0.1) is 0 Å². The minimum absolute atomic E-state index is 0.306. The van der Waals surface area contributed by atoms with Crippen LogP contribution in [0.15, 0.2) is 28.7 Å². The molecule has 1 unspecified atom stereocenters. The second-order valence-corrected chi connectivity index (χ2v) is 6.62. The molecule has 2 N–H and O–H groups in total. The lowest BCUT2D eigenvalue weighted by Gasteiger charge is -2.26. The average Bonchev–Trinajstić information content (AvgIpc) is 2.67. The normalized spacial score (nSPS) is 25.7. The molecule has 1 saturated heterocycles. The standard InChI is InChI=1S/C12H16BrNS/c13-11-4-1-3-10(7-11)8-12(9-14)5-2-6-15-12/h1,3-4,7H,2,5-6,8-9,14H2.